The van der Waals surface area contributed by atoms with Gasteiger partial charge in [0, 0.05) is 30.1 Å². The molecule has 1 aliphatic heterocycles. The average molecular weight is 508 g/mol. The highest BCUT2D eigenvalue weighted by Crippen LogP contribution is 2.28. The topological polar surface area (TPSA) is 71.7 Å². The number of piperidine rings is 1. The smallest absolute Gasteiger partial charge is 0.279 e. The molecular formula is C27H29N3O3S2. The second-order valence-electron chi connectivity index (χ2n) is 8.88. The number of sulfonamides is 1. The number of thiazole rings is 1. The number of fused-ring (bicyclic) bond motifs is 3. The molecule has 1 aliphatic rings. The summed E-state index contributed by atoms with van der Waals surface area (Å²) >= 11 is 1.49. The standard InChI is InChI=1S/C27H29N3O3S2/c1-3-21-10-7-8-18-30(21)35(32,33)22-15-12-20(13-16-22)26(31)28-27-29(4-2)25-23-11-6-5-9-19(23)14-17-24(25)34-27/h5-6,9,11-17,21H,3-4,7-8,10,18H2,1-2H3. The van der Waals surface area contributed by atoms with Crippen LogP contribution in [0.4, 0.5) is 0 Å². The summed E-state index contributed by atoms with van der Waals surface area (Å²) < 4.78 is 31.2. The highest BCUT2D eigenvalue weighted by molar-refractivity contribution is 7.89. The lowest BCUT2D eigenvalue weighted by Crippen LogP contribution is -2.43. The van der Waals surface area contributed by atoms with Gasteiger partial charge in [-0.1, -0.05) is 55.0 Å². The molecule has 1 unspecified atom stereocenters. The molecule has 0 N–H and O–H groups in total. The molecule has 0 saturated carbocycles. The number of aromatic nitrogens is 1. The second kappa shape index (κ2) is 9.68. The van der Waals surface area contributed by atoms with Crippen LogP contribution in [0, 0.1) is 0 Å². The summed E-state index contributed by atoms with van der Waals surface area (Å²) in [6, 6.07) is 18.6. The van der Waals surface area contributed by atoms with Gasteiger partial charge in [-0.15, -0.1) is 0 Å². The van der Waals surface area contributed by atoms with Crippen molar-refractivity contribution < 1.29 is 13.2 Å². The Morgan fingerprint density at radius 3 is 2.54 bits per heavy atom. The van der Waals surface area contributed by atoms with E-state index >= 15 is 0 Å². The number of nitrogens with zero attached hydrogens (tertiary/aromatic N) is 3. The van der Waals surface area contributed by atoms with E-state index in [-0.39, 0.29) is 16.8 Å². The highest BCUT2D eigenvalue weighted by atomic mass is 32.2. The maximum atomic E-state index is 13.2. The number of benzene rings is 3. The lowest BCUT2D eigenvalue weighted by Gasteiger charge is -2.34. The average Bonchev–Trinajstić information content (AvgIpc) is 3.26. The Kier molecular flexibility index (Phi) is 6.61. The van der Waals surface area contributed by atoms with Gasteiger partial charge in [-0.05, 0) is 61.9 Å². The van der Waals surface area contributed by atoms with Crippen LogP contribution in [0.25, 0.3) is 21.0 Å². The third kappa shape index (κ3) is 4.35. The molecule has 6 nitrogen and oxygen atoms in total. The monoisotopic (exact) mass is 507 g/mol. The Bertz CT molecular complexity index is 1570. The predicted molar refractivity (Wildman–Crippen MR) is 141 cm³/mol. The highest BCUT2D eigenvalue weighted by Gasteiger charge is 2.32. The van der Waals surface area contributed by atoms with Crippen LogP contribution in [-0.4, -0.2) is 35.8 Å². The van der Waals surface area contributed by atoms with E-state index in [9.17, 15) is 13.2 Å². The number of rotatable bonds is 5. The van der Waals surface area contributed by atoms with Crippen LogP contribution in [0.1, 0.15) is 49.9 Å². The van der Waals surface area contributed by atoms with Crippen LogP contribution in [-0.2, 0) is 16.6 Å². The van der Waals surface area contributed by atoms with Crippen molar-refractivity contribution in [3.63, 3.8) is 0 Å². The van der Waals surface area contributed by atoms with Crippen molar-refractivity contribution >= 4 is 48.3 Å². The van der Waals surface area contributed by atoms with Crippen LogP contribution in [0.3, 0.4) is 0 Å². The molecule has 1 aromatic heterocycles. The Morgan fingerprint density at radius 1 is 1.03 bits per heavy atom. The Hall–Kier alpha value is -2.81. The van der Waals surface area contributed by atoms with Crippen molar-refractivity contribution in [1.29, 1.82) is 0 Å². The minimum absolute atomic E-state index is 0.0404. The Balaban J connectivity index is 1.49. The normalized spacial score (nSPS) is 17.9. The van der Waals surface area contributed by atoms with E-state index in [0.717, 1.165) is 46.7 Å². The maximum Gasteiger partial charge on any atom is 0.279 e. The fourth-order valence-corrected chi connectivity index (χ4v) is 7.85. The van der Waals surface area contributed by atoms with Crippen LogP contribution in [0.5, 0.6) is 0 Å². The largest absolute Gasteiger partial charge is 0.316 e. The first-order valence-corrected chi connectivity index (χ1v) is 14.4. The number of carbonyl (C=O) groups is 1. The summed E-state index contributed by atoms with van der Waals surface area (Å²) in [7, 11) is -3.58. The van der Waals surface area contributed by atoms with Crippen LogP contribution in [0.2, 0.25) is 0 Å². The van der Waals surface area contributed by atoms with Crippen molar-refractivity contribution in [2.75, 3.05) is 6.54 Å². The fourth-order valence-electron chi connectivity index (χ4n) is 4.98. The summed E-state index contributed by atoms with van der Waals surface area (Å²) in [5.74, 6) is -0.378. The minimum atomic E-state index is -3.58. The molecule has 2 heterocycles. The Labute approximate surface area is 209 Å². The molecule has 0 radical (unpaired) electrons. The molecule has 0 bridgehead atoms. The third-order valence-corrected chi connectivity index (χ3v) is 9.84. The first-order chi connectivity index (χ1) is 16.9. The van der Waals surface area contributed by atoms with Gasteiger partial charge in [-0.2, -0.15) is 9.30 Å². The minimum Gasteiger partial charge on any atom is -0.316 e. The van der Waals surface area contributed by atoms with E-state index in [1.165, 1.54) is 23.5 Å². The molecule has 0 spiro atoms. The SMILES string of the molecule is CCC1CCCCN1S(=O)(=O)c1ccc(C(=O)N=c2sc3ccc4ccccc4c3n2CC)cc1. The van der Waals surface area contributed by atoms with Crippen molar-refractivity contribution in [2.24, 2.45) is 4.99 Å². The first kappa shape index (κ1) is 23.9. The summed E-state index contributed by atoms with van der Waals surface area (Å²) in [5, 5.41) is 2.28. The van der Waals surface area contributed by atoms with Gasteiger partial charge < -0.3 is 4.57 Å². The first-order valence-electron chi connectivity index (χ1n) is 12.2. The zero-order chi connectivity index (χ0) is 24.6. The molecule has 182 valence electrons. The number of aryl methyl sites for hydroxylation is 1. The predicted octanol–water partition coefficient (Wildman–Crippen LogP) is 5.57. The zero-order valence-corrected chi connectivity index (χ0v) is 21.6. The lowest BCUT2D eigenvalue weighted by atomic mass is 10.0. The van der Waals surface area contributed by atoms with Gasteiger partial charge in [0.25, 0.3) is 5.91 Å². The summed E-state index contributed by atoms with van der Waals surface area (Å²) in [4.78, 5) is 18.4. The van der Waals surface area contributed by atoms with Crippen molar-refractivity contribution in [1.82, 2.24) is 8.87 Å². The van der Waals surface area contributed by atoms with Crippen molar-refractivity contribution in [2.45, 2.75) is 57.0 Å². The van der Waals surface area contributed by atoms with Gasteiger partial charge >= 0.3 is 0 Å². The Morgan fingerprint density at radius 2 is 1.80 bits per heavy atom. The number of hydrogen-bond acceptors (Lipinski definition) is 4. The molecule has 8 heteroatoms. The summed E-state index contributed by atoms with van der Waals surface area (Å²) in [5.41, 5.74) is 1.45. The molecule has 35 heavy (non-hydrogen) atoms. The van der Waals surface area contributed by atoms with Crippen LogP contribution >= 0.6 is 11.3 Å². The van der Waals surface area contributed by atoms with Gasteiger partial charge in [-0.3, -0.25) is 4.79 Å². The van der Waals surface area contributed by atoms with Gasteiger partial charge in [0.05, 0.1) is 15.1 Å². The van der Waals surface area contributed by atoms with E-state index < -0.39 is 10.0 Å². The van der Waals surface area contributed by atoms with Crippen molar-refractivity contribution in [3.05, 3.63) is 71.0 Å². The van der Waals surface area contributed by atoms with Crippen molar-refractivity contribution in [3.8, 4) is 0 Å². The molecular weight excluding hydrogens is 478 g/mol. The van der Waals surface area contributed by atoms with Gasteiger partial charge in [-0.25, -0.2) is 8.42 Å². The second-order valence-corrected chi connectivity index (χ2v) is 11.8. The van der Waals surface area contributed by atoms with Crippen LogP contribution < -0.4 is 4.80 Å². The van der Waals surface area contributed by atoms with E-state index in [0.29, 0.717) is 23.5 Å². The third-order valence-electron chi connectivity index (χ3n) is 6.83. The van der Waals surface area contributed by atoms with E-state index in [1.807, 2.05) is 26.0 Å². The zero-order valence-electron chi connectivity index (χ0n) is 20.0. The van der Waals surface area contributed by atoms with E-state index in [4.69, 9.17) is 0 Å². The number of amides is 1. The molecule has 0 aliphatic carbocycles. The summed E-state index contributed by atoms with van der Waals surface area (Å²) in [6.07, 6.45) is 3.64. The quantitative estimate of drug-likeness (QED) is 0.355. The molecule has 3 aromatic carbocycles. The van der Waals surface area contributed by atoms with Gasteiger partial charge in [0.15, 0.2) is 4.80 Å². The lowest BCUT2D eigenvalue weighted by molar-refractivity contribution is 0.0997. The molecule has 5 rings (SSSR count). The number of carbonyl (C=O) groups excluding carboxylic acids is 1. The molecule has 1 fully saturated rings. The van der Waals surface area contributed by atoms with Crippen LogP contribution in [0.15, 0.2) is 70.6 Å². The van der Waals surface area contributed by atoms with E-state index in [2.05, 4.69) is 33.8 Å². The van der Waals surface area contributed by atoms with Gasteiger partial charge in [0.1, 0.15) is 0 Å². The molecule has 1 saturated heterocycles. The summed E-state index contributed by atoms with van der Waals surface area (Å²) in [6.45, 7) is 5.31. The fraction of sp³-hybridized carbons (Fsp3) is 0.333. The molecule has 4 aromatic rings. The molecule has 1 amide bonds. The van der Waals surface area contributed by atoms with E-state index in [1.54, 1.807) is 16.4 Å². The number of hydrogen-bond donors (Lipinski definition) is 0. The molecule has 1 atom stereocenters. The van der Waals surface area contributed by atoms with Gasteiger partial charge in [0.2, 0.25) is 10.0 Å². The maximum absolute atomic E-state index is 13.2.